The third-order valence-corrected chi connectivity index (χ3v) is 6.61. The Labute approximate surface area is 200 Å². The van der Waals surface area contributed by atoms with Gasteiger partial charge in [-0.15, -0.1) is 5.10 Å². The molecule has 10 heteroatoms. The normalized spacial score (nSPS) is 14.8. The van der Waals surface area contributed by atoms with Crippen molar-refractivity contribution in [3.05, 3.63) is 71.5 Å². The smallest absolute Gasteiger partial charge is 0.214 e. The maximum Gasteiger partial charge on any atom is 0.214 e. The number of rotatable bonds is 7. The van der Waals surface area contributed by atoms with Gasteiger partial charge < -0.3 is 19.1 Å². The fourth-order valence-corrected chi connectivity index (χ4v) is 4.73. The molecule has 1 aliphatic rings. The van der Waals surface area contributed by atoms with Crippen LogP contribution in [-0.4, -0.2) is 54.1 Å². The van der Waals surface area contributed by atoms with E-state index in [1.165, 1.54) is 11.8 Å². The number of nitrogens with zero attached hydrogens (tertiary/aromatic N) is 5. The van der Waals surface area contributed by atoms with E-state index in [2.05, 4.69) is 20.1 Å². The molecule has 0 radical (unpaired) electrons. The van der Waals surface area contributed by atoms with Gasteiger partial charge >= 0.3 is 0 Å². The number of carbonyl (C=O) groups is 1. The molecule has 1 atom stereocenters. The van der Waals surface area contributed by atoms with Crippen LogP contribution >= 0.6 is 11.8 Å². The van der Waals surface area contributed by atoms with Gasteiger partial charge in [0.05, 0.1) is 18.0 Å². The average Bonchev–Trinajstić information content (AvgIpc) is 3.43. The average molecular weight is 478 g/mol. The second kappa shape index (κ2) is 9.22. The van der Waals surface area contributed by atoms with Gasteiger partial charge in [0.2, 0.25) is 5.16 Å². The Morgan fingerprint density at radius 1 is 1.15 bits per heavy atom. The summed E-state index contributed by atoms with van der Waals surface area (Å²) in [6.07, 6.45) is -0.146. The van der Waals surface area contributed by atoms with Crippen LogP contribution in [0.3, 0.4) is 0 Å². The maximum absolute atomic E-state index is 13.1. The van der Waals surface area contributed by atoms with Crippen molar-refractivity contribution in [2.45, 2.75) is 31.7 Å². The van der Waals surface area contributed by atoms with E-state index in [1.54, 1.807) is 28.9 Å². The highest BCUT2D eigenvalue weighted by Crippen LogP contribution is 2.32. The predicted octanol–water partition coefficient (Wildman–Crippen LogP) is 3.60. The lowest BCUT2D eigenvalue weighted by Gasteiger charge is -2.27. The molecule has 2 aromatic carbocycles. The maximum atomic E-state index is 13.1. The minimum absolute atomic E-state index is 0.00392. The standard InChI is InChI=1S/C24H23N5O4S/c1-15-11-20(16(2)28(15)12-19-13-32-22-5-3-4-6-23(22)33-19)21(31)14-34-24-25-26-27-29(24)17-7-9-18(30)10-8-17/h3-11,19,30H,12-14H2,1-2H3. The molecule has 0 fully saturated rings. The molecule has 0 aliphatic carbocycles. The lowest BCUT2D eigenvalue weighted by molar-refractivity contribution is 0.0777. The Morgan fingerprint density at radius 2 is 1.91 bits per heavy atom. The van der Waals surface area contributed by atoms with Crippen molar-refractivity contribution in [1.29, 1.82) is 0 Å². The van der Waals surface area contributed by atoms with Crippen LogP contribution in [0.2, 0.25) is 0 Å². The number of phenols is 1. The Balaban J connectivity index is 1.27. The van der Waals surface area contributed by atoms with Gasteiger partial charge in [0.1, 0.15) is 12.4 Å². The summed E-state index contributed by atoms with van der Waals surface area (Å²) in [6, 6.07) is 16.1. The number of hydrogen-bond acceptors (Lipinski definition) is 8. The van der Waals surface area contributed by atoms with Crippen LogP contribution < -0.4 is 9.47 Å². The molecule has 34 heavy (non-hydrogen) atoms. The Morgan fingerprint density at radius 3 is 2.71 bits per heavy atom. The Bertz CT molecular complexity index is 1330. The molecule has 3 heterocycles. The van der Waals surface area contributed by atoms with Crippen LogP contribution in [0.1, 0.15) is 21.7 Å². The van der Waals surface area contributed by atoms with E-state index in [9.17, 15) is 9.90 Å². The molecule has 1 N–H and O–H groups in total. The van der Waals surface area contributed by atoms with Crippen molar-refractivity contribution in [2.24, 2.45) is 0 Å². The number of fused-ring (bicyclic) bond motifs is 1. The summed E-state index contributed by atoms with van der Waals surface area (Å²) in [5, 5.41) is 21.8. The highest BCUT2D eigenvalue weighted by Gasteiger charge is 2.24. The largest absolute Gasteiger partial charge is 0.508 e. The molecular weight excluding hydrogens is 454 g/mol. The fourth-order valence-electron chi connectivity index (χ4n) is 3.95. The second-order valence-electron chi connectivity index (χ2n) is 7.99. The first-order valence-electron chi connectivity index (χ1n) is 10.8. The summed E-state index contributed by atoms with van der Waals surface area (Å²) in [6.45, 7) is 4.97. The number of hydrogen-bond donors (Lipinski definition) is 1. The minimum atomic E-state index is -0.146. The van der Waals surface area contributed by atoms with Crippen molar-refractivity contribution in [3.8, 4) is 22.9 Å². The number of aryl methyl sites for hydroxylation is 1. The van der Waals surface area contributed by atoms with E-state index in [0.29, 0.717) is 29.6 Å². The number of Topliss-reactive ketones (excluding diaryl/α,β-unsaturated/α-hetero) is 1. The zero-order valence-electron chi connectivity index (χ0n) is 18.7. The monoisotopic (exact) mass is 477 g/mol. The number of aromatic nitrogens is 5. The van der Waals surface area contributed by atoms with E-state index < -0.39 is 0 Å². The molecule has 4 aromatic rings. The number of carbonyl (C=O) groups excluding carboxylic acids is 1. The topological polar surface area (TPSA) is 104 Å². The molecule has 0 saturated heterocycles. The van der Waals surface area contributed by atoms with Gasteiger partial charge in [0, 0.05) is 17.0 Å². The van der Waals surface area contributed by atoms with Crippen molar-refractivity contribution < 1.29 is 19.4 Å². The highest BCUT2D eigenvalue weighted by molar-refractivity contribution is 7.99. The van der Waals surface area contributed by atoms with Crippen molar-refractivity contribution in [2.75, 3.05) is 12.4 Å². The summed E-state index contributed by atoms with van der Waals surface area (Å²) in [5.74, 6) is 1.84. The van der Waals surface area contributed by atoms with Gasteiger partial charge in [-0.25, -0.2) is 0 Å². The van der Waals surface area contributed by atoms with Crippen LogP contribution in [0.4, 0.5) is 0 Å². The van der Waals surface area contributed by atoms with Crippen LogP contribution in [0, 0.1) is 13.8 Å². The summed E-state index contributed by atoms with van der Waals surface area (Å²) >= 11 is 1.27. The lowest BCUT2D eigenvalue weighted by Crippen LogP contribution is -2.33. The lowest BCUT2D eigenvalue weighted by atomic mass is 10.2. The van der Waals surface area contributed by atoms with E-state index in [1.807, 2.05) is 44.2 Å². The summed E-state index contributed by atoms with van der Waals surface area (Å²) < 4.78 is 15.6. The SMILES string of the molecule is Cc1cc(C(=O)CSc2nnnn2-c2ccc(O)cc2)c(C)n1CC1COc2ccccc2O1. The van der Waals surface area contributed by atoms with Crippen LogP contribution in [0.15, 0.2) is 59.8 Å². The molecule has 2 aromatic heterocycles. The first-order valence-corrected chi connectivity index (χ1v) is 11.8. The minimum Gasteiger partial charge on any atom is -0.508 e. The third-order valence-electron chi connectivity index (χ3n) is 5.70. The zero-order chi connectivity index (χ0) is 23.7. The molecule has 1 unspecified atom stereocenters. The molecular formula is C24H23N5O4S. The van der Waals surface area contributed by atoms with Gasteiger partial charge in [-0.1, -0.05) is 23.9 Å². The highest BCUT2D eigenvalue weighted by atomic mass is 32.2. The Hall–Kier alpha value is -3.79. The third kappa shape index (κ3) is 4.36. The van der Waals surface area contributed by atoms with Gasteiger partial charge in [-0.2, -0.15) is 4.68 Å². The number of tetrazole rings is 1. The number of ether oxygens (including phenoxy) is 2. The summed E-state index contributed by atoms with van der Waals surface area (Å²) in [5.41, 5.74) is 3.25. The van der Waals surface area contributed by atoms with Crippen molar-refractivity contribution >= 4 is 17.5 Å². The van der Waals surface area contributed by atoms with Crippen LogP contribution in [0.25, 0.3) is 5.69 Å². The molecule has 0 spiro atoms. The zero-order valence-corrected chi connectivity index (χ0v) is 19.5. The molecule has 5 rings (SSSR count). The van der Waals surface area contributed by atoms with E-state index in [-0.39, 0.29) is 23.4 Å². The summed E-state index contributed by atoms with van der Waals surface area (Å²) in [4.78, 5) is 13.1. The van der Waals surface area contributed by atoms with Gasteiger partial charge in [0.25, 0.3) is 0 Å². The second-order valence-corrected chi connectivity index (χ2v) is 8.94. The van der Waals surface area contributed by atoms with E-state index in [0.717, 1.165) is 22.9 Å². The number of para-hydroxylation sites is 2. The molecule has 0 saturated carbocycles. The van der Waals surface area contributed by atoms with Gasteiger partial charge in [-0.3, -0.25) is 4.79 Å². The molecule has 174 valence electrons. The molecule has 1 aliphatic heterocycles. The Kier molecular flexibility index (Phi) is 5.97. The van der Waals surface area contributed by atoms with Gasteiger partial charge in [0.15, 0.2) is 23.4 Å². The molecule has 9 nitrogen and oxygen atoms in total. The first kappa shape index (κ1) is 22.0. The predicted molar refractivity (Wildman–Crippen MR) is 126 cm³/mol. The fraction of sp³-hybridized carbons (Fsp3) is 0.250. The number of thioether (sulfide) groups is 1. The van der Waals surface area contributed by atoms with E-state index >= 15 is 0 Å². The van der Waals surface area contributed by atoms with Crippen molar-refractivity contribution in [1.82, 2.24) is 24.8 Å². The number of ketones is 1. The quantitative estimate of drug-likeness (QED) is 0.318. The van der Waals surface area contributed by atoms with Crippen molar-refractivity contribution in [3.63, 3.8) is 0 Å². The number of phenolic OH excluding ortho intramolecular Hbond substituents is 1. The molecule has 0 amide bonds. The van der Waals surface area contributed by atoms with Gasteiger partial charge in [-0.05, 0) is 66.7 Å². The summed E-state index contributed by atoms with van der Waals surface area (Å²) in [7, 11) is 0. The van der Waals surface area contributed by atoms with Crippen LogP contribution in [-0.2, 0) is 6.54 Å². The number of aromatic hydroxyl groups is 1. The number of benzene rings is 2. The van der Waals surface area contributed by atoms with Crippen LogP contribution in [0.5, 0.6) is 17.2 Å². The molecule has 0 bridgehead atoms. The van der Waals surface area contributed by atoms with E-state index in [4.69, 9.17) is 9.47 Å². The first-order chi connectivity index (χ1) is 16.5.